The zero-order valence-electron chi connectivity index (χ0n) is 7.49. The molecular weight excluding hydrogens is 200 g/mol. The molecule has 0 N–H and O–H groups in total. The van der Waals surface area contributed by atoms with Crippen LogP contribution in [0.5, 0.6) is 0 Å². The van der Waals surface area contributed by atoms with Crippen LogP contribution in [0, 0.1) is 0 Å². The van der Waals surface area contributed by atoms with Crippen molar-refractivity contribution in [3.63, 3.8) is 0 Å². The molecule has 14 heavy (non-hydrogen) atoms. The average molecular weight is 207 g/mol. The molecule has 0 aliphatic rings. The smallest absolute Gasteiger partial charge is 0.159 e. The van der Waals surface area contributed by atoms with E-state index in [9.17, 15) is 4.79 Å². The van der Waals surface area contributed by atoms with Crippen molar-refractivity contribution in [3.05, 3.63) is 35.0 Å². The van der Waals surface area contributed by atoms with Gasteiger partial charge in [-0.05, 0) is 13.0 Å². The van der Waals surface area contributed by atoms with E-state index in [-0.39, 0.29) is 5.78 Å². The van der Waals surface area contributed by atoms with Gasteiger partial charge in [0.1, 0.15) is 0 Å². The normalized spacial score (nSPS) is 10.4. The number of nitrogens with zero attached hydrogens (tertiary/aromatic N) is 2. The highest BCUT2D eigenvalue weighted by Gasteiger charge is 2.04. The third-order valence-corrected chi connectivity index (χ3v) is 2.30. The van der Waals surface area contributed by atoms with Gasteiger partial charge >= 0.3 is 0 Å². The molecule has 4 heteroatoms. The average Bonchev–Trinajstić information content (AvgIpc) is 2.17. The van der Waals surface area contributed by atoms with Crippen LogP contribution in [0.4, 0.5) is 0 Å². The summed E-state index contributed by atoms with van der Waals surface area (Å²) in [4.78, 5) is 11.1. The molecule has 2 rings (SSSR count). The van der Waals surface area contributed by atoms with Gasteiger partial charge in [-0.1, -0.05) is 23.7 Å². The molecule has 2 aromatic rings. The number of halogens is 1. The maximum absolute atomic E-state index is 11.1. The summed E-state index contributed by atoms with van der Waals surface area (Å²) in [7, 11) is 0. The number of carbonyl (C=O) groups excluding carboxylic acids is 1. The predicted octanol–water partition coefficient (Wildman–Crippen LogP) is 2.49. The van der Waals surface area contributed by atoms with Crippen LogP contribution in [-0.2, 0) is 0 Å². The minimum atomic E-state index is 0.00803. The van der Waals surface area contributed by atoms with Crippen molar-refractivity contribution in [1.82, 2.24) is 10.2 Å². The quantitative estimate of drug-likeness (QED) is 0.674. The van der Waals surface area contributed by atoms with E-state index in [2.05, 4.69) is 10.2 Å². The zero-order valence-corrected chi connectivity index (χ0v) is 8.25. The molecule has 0 atom stereocenters. The molecule has 0 aliphatic heterocycles. The second-order valence-corrected chi connectivity index (χ2v) is 3.39. The van der Waals surface area contributed by atoms with Gasteiger partial charge in [0, 0.05) is 10.9 Å². The number of carbonyl (C=O) groups is 1. The van der Waals surface area contributed by atoms with E-state index in [1.54, 1.807) is 18.2 Å². The summed E-state index contributed by atoms with van der Waals surface area (Å²) >= 11 is 5.90. The van der Waals surface area contributed by atoms with Crippen LogP contribution in [0.25, 0.3) is 10.9 Å². The summed E-state index contributed by atoms with van der Waals surface area (Å²) in [5.41, 5.74) is 1.26. The Balaban J connectivity index is 2.73. The molecule has 0 bridgehead atoms. The van der Waals surface area contributed by atoms with Crippen molar-refractivity contribution in [3.8, 4) is 0 Å². The SMILES string of the molecule is CC(=O)c1ccc2c(Cl)cnnc2c1. The minimum absolute atomic E-state index is 0.00803. The van der Waals surface area contributed by atoms with E-state index >= 15 is 0 Å². The molecule has 0 amide bonds. The van der Waals surface area contributed by atoms with Crippen molar-refractivity contribution in [1.29, 1.82) is 0 Å². The van der Waals surface area contributed by atoms with E-state index in [0.29, 0.717) is 16.1 Å². The topological polar surface area (TPSA) is 42.9 Å². The summed E-state index contributed by atoms with van der Waals surface area (Å²) in [5.74, 6) is 0.00803. The molecule has 1 heterocycles. The van der Waals surface area contributed by atoms with E-state index in [4.69, 9.17) is 11.6 Å². The van der Waals surface area contributed by atoms with Gasteiger partial charge in [0.25, 0.3) is 0 Å². The lowest BCUT2D eigenvalue weighted by molar-refractivity contribution is 0.101. The Labute approximate surface area is 85.7 Å². The Morgan fingerprint density at radius 2 is 2.21 bits per heavy atom. The maximum Gasteiger partial charge on any atom is 0.159 e. The lowest BCUT2D eigenvalue weighted by atomic mass is 10.1. The van der Waals surface area contributed by atoms with E-state index < -0.39 is 0 Å². The Morgan fingerprint density at radius 1 is 1.43 bits per heavy atom. The van der Waals surface area contributed by atoms with Crippen LogP contribution in [0.1, 0.15) is 17.3 Å². The summed E-state index contributed by atoms with van der Waals surface area (Å²) in [5, 5.41) is 8.98. The van der Waals surface area contributed by atoms with Gasteiger partial charge < -0.3 is 0 Å². The summed E-state index contributed by atoms with van der Waals surface area (Å²) < 4.78 is 0. The number of benzene rings is 1. The Bertz CT molecular complexity index is 510. The monoisotopic (exact) mass is 206 g/mol. The minimum Gasteiger partial charge on any atom is -0.295 e. The van der Waals surface area contributed by atoms with Crippen LogP contribution >= 0.6 is 11.6 Å². The van der Waals surface area contributed by atoms with Gasteiger partial charge in [0.15, 0.2) is 5.78 Å². The first-order valence-electron chi connectivity index (χ1n) is 4.10. The summed E-state index contributed by atoms with van der Waals surface area (Å²) in [6.45, 7) is 1.51. The fraction of sp³-hybridized carbons (Fsp3) is 0.100. The fourth-order valence-electron chi connectivity index (χ4n) is 1.25. The highest BCUT2D eigenvalue weighted by Crippen LogP contribution is 2.21. The van der Waals surface area contributed by atoms with Gasteiger partial charge in [-0.25, -0.2) is 0 Å². The molecule has 70 valence electrons. The van der Waals surface area contributed by atoms with E-state index in [1.165, 1.54) is 13.1 Å². The van der Waals surface area contributed by atoms with Crippen LogP contribution < -0.4 is 0 Å². The van der Waals surface area contributed by atoms with Crippen molar-refractivity contribution in [2.24, 2.45) is 0 Å². The Morgan fingerprint density at radius 3 is 2.93 bits per heavy atom. The Kier molecular flexibility index (Phi) is 2.17. The first kappa shape index (κ1) is 9.09. The van der Waals surface area contributed by atoms with Crippen molar-refractivity contribution in [2.45, 2.75) is 6.92 Å². The third kappa shape index (κ3) is 1.46. The van der Waals surface area contributed by atoms with Crippen LogP contribution in [0.15, 0.2) is 24.4 Å². The van der Waals surface area contributed by atoms with Crippen LogP contribution in [0.2, 0.25) is 5.02 Å². The van der Waals surface area contributed by atoms with Crippen LogP contribution in [-0.4, -0.2) is 16.0 Å². The highest BCUT2D eigenvalue weighted by molar-refractivity contribution is 6.35. The molecule has 0 saturated carbocycles. The summed E-state index contributed by atoms with van der Waals surface area (Å²) in [6.07, 6.45) is 1.48. The van der Waals surface area contributed by atoms with Gasteiger partial charge in [0.05, 0.1) is 16.7 Å². The molecule has 0 radical (unpaired) electrons. The standard InChI is InChI=1S/C10H7ClN2O/c1-6(14)7-2-3-8-9(11)5-12-13-10(8)4-7/h2-5H,1H3. The predicted molar refractivity (Wildman–Crippen MR) is 54.6 cm³/mol. The lowest BCUT2D eigenvalue weighted by Crippen LogP contribution is -1.93. The van der Waals surface area contributed by atoms with Gasteiger partial charge in [0.2, 0.25) is 0 Å². The number of Topliss-reactive ketones (excluding diaryl/α,β-unsaturated/α-hetero) is 1. The number of hydrogen-bond acceptors (Lipinski definition) is 3. The molecule has 1 aromatic carbocycles. The molecule has 1 aromatic heterocycles. The number of ketones is 1. The lowest BCUT2D eigenvalue weighted by Gasteiger charge is -1.99. The molecular formula is C10H7ClN2O. The van der Waals surface area contributed by atoms with Gasteiger partial charge in [-0.3, -0.25) is 4.79 Å². The zero-order chi connectivity index (χ0) is 10.1. The van der Waals surface area contributed by atoms with Crippen molar-refractivity contribution >= 4 is 28.3 Å². The molecule has 0 fully saturated rings. The largest absolute Gasteiger partial charge is 0.295 e. The van der Waals surface area contributed by atoms with Crippen LogP contribution in [0.3, 0.4) is 0 Å². The van der Waals surface area contributed by atoms with Gasteiger partial charge in [-0.15, -0.1) is 0 Å². The molecule has 3 nitrogen and oxygen atoms in total. The number of rotatable bonds is 1. The first-order valence-corrected chi connectivity index (χ1v) is 4.48. The Hall–Kier alpha value is -1.48. The molecule has 0 saturated heterocycles. The molecule has 0 aliphatic carbocycles. The second-order valence-electron chi connectivity index (χ2n) is 2.98. The van der Waals surface area contributed by atoms with Gasteiger partial charge in [-0.2, -0.15) is 10.2 Å². The molecule has 0 unspecified atom stereocenters. The van der Waals surface area contributed by atoms with E-state index in [0.717, 1.165) is 5.39 Å². The number of aromatic nitrogens is 2. The second kappa shape index (κ2) is 3.35. The number of hydrogen-bond donors (Lipinski definition) is 0. The fourth-order valence-corrected chi connectivity index (χ4v) is 1.45. The van der Waals surface area contributed by atoms with Crippen molar-refractivity contribution in [2.75, 3.05) is 0 Å². The van der Waals surface area contributed by atoms with E-state index in [1.807, 2.05) is 0 Å². The van der Waals surface area contributed by atoms with Crippen molar-refractivity contribution < 1.29 is 4.79 Å². The third-order valence-electron chi connectivity index (χ3n) is 2.00. The molecule has 0 spiro atoms. The summed E-state index contributed by atoms with van der Waals surface area (Å²) in [6, 6.07) is 5.21. The maximum atomic E-state index is 11.1. The number of fused-ring (bicyclic) bond motifs is 1. The highest BCUT2D eigenvalue weighted by atomic mass is 35.5. The first-order chi connectivity index (χ1) is 6.68.